The lowest BCUT2D eigenvalue weighted by Gasteiger charge is -2.19. The summed E-state index contributed by atoms with van der Waals surface area (Å²) in [5, 5.41) is 23.9. The van der Waals surface area contributed by atoms with E-state index in [9.17, 15) is 32.3 Å². The van der Waals surface area contributed by atoms with Crippen molar-refractivity contribution < 1.29 is 42.1 Å². The Hall–Kier alpha value is -5.39. The molecular formula is C29H19F4N3O5. The number of aryl methyl sites for hydroxylation is 1. The molecule has 4 aromatic carbocycles. The third-order valence-corrected chi connectivity index (χ3v) is 6.32. The van der Waals surface area contributed by atoms with Gasteiger partial charge < -0.3 is 14.9 Å². The molecule has 8 nitrogen and oxygen atoms in total. The highest BCUT2D eigenvalue weighted by Gasteiger charge is 2.38. The van der Waals surface area contributed by atoms with E-state index in [0.717, 1.165) is 23.1 Å². The van der Waals surface area contributed by atoms with Crippen LogP contribution in [-0.2, 0) is 11.0 Å². The average Bonchev–Trinajstić information content (AvgIpc) is 3.17. The number of ether oxygens (including phenoxy) is 1. The number of rotatable bonds is 5. The number of phenolic OH excluding ortho intramolecular Hbond substituents is 1. The van der Waals surface area contributed by atoms with Crippen molar-refractivity contribution in [2.45, 2.75) is 13.1 Å². The second-order valence-corrected chi connectivity index (χ2v) is 8.97. The second kappa shape index (κ2) is 10.3. The largest absolute Gasteiger partial charge is 0.511 e. The SMILES string of the molecule is Cc1ccc(N2C(=O)C(=NNc3cccc(-c4cccc(OC(=O)O)c4)c3O)c3cc(F)ccc32)cc1C(F)(F)F. The molecule has 0 bridgehead atoms. The van der Waals surface area contributed by atoms with E-state index in [4.69, 9.17) is 5.11 Å². The molecule has 1 heterocycles. The summed E-state index contributed by atoms with van der Waals surface area (Å²) in [6.45, 7) is 1.30. The van der Waals surface area contributed by atoms with Crippen molar-refractivity contribution in [3.63, 3.8) is 0 Å². The van der Waals surface area contributed by atoms with Crippen molar-refractivity contribution in [1.29, 1.82) is 0 Å². The summed E-state index contributed by atoms with van der Waals surface area (Å²) in [5.41, 5.74) is 2.14. The first-order valence-corrected chi connectivity index (χ1v) is 11.9. The highest BCUT2D eigenvalue weighted by Crippen LogP contribution is 2.41. The van der Waals surface area contributed by atoms with Crippen LogP contribution < -0.4 is 15.1 Å². The molecule has 0 spiro atoms. The van der Waals surface area contributed by atoms with Gasteiger partial charge in [-0.25, -0.2) is 9.18 Å². The zero-order chi connectivity index (χ0) is 29.5. The first-order chi connectivity index (χ1) is 19.4. The molecule has 1 aliphatic rings. The number of aromatic hydroxyl groups is 1. The first-order valence-electron chi connectivity index (χ1n) is 11.9. The lowest BCUT2D eigenvalue weighted by molar-refractivity contribution is -0.138. The van der Waals surface area contributed by atoms with Crippen molar-refractivity contribution in [1.82, 2.24) is 0 Å². The average molecular weight is 565 g/mol. The number of carboxylic acid groups (broad SMARTS) is 1. The number of nitrogens with zero attached hydrogens (tertiary/aromatic N) is 2. The Labute approximate surface area is 229 Å². The molecule has 0 atom stereocenters. The number of benzene rings is 4. The fourth-order valence-corrected chi connectivity index (χ4v) is 4.45. The summed E-state index contributed by atoms with van der Waals surface area (Å²) in [6.07, 6.45) is -6.17. The molecule has 0 aromatic heterocycles. The van der Waals surface area contributed by atoms with Crippen LogP contribution in [0.4, 0.5) is 39.4 Å². The van der Waals surface area contributed by atoms with Gasteiger partial charge in [0.15, 0.2) is 5.71 Å². The number of phenols is 1. The van der Waals surface area contributed by atoms with Gasteiger partial charge in [0, 0.05) is 16.8 Å². The van der Waals surface area contributed by atoms with Crippen molar-refractivity contribution in [3.05, 3.63) is 101 Å². The second-order valence-electron chi connectivity index (χ2n) is 8.97. The smallest absolute Gasteiger partial charge is 0.505 e. The maximum atomic E-state index is 14.2. The molecule has 12 heteroatoms. The number of hydrogen-bond acceptors (Lipinski definition) is 6. The van der Waals surface area contributed by atoms with Gasteiger partial charge >= 0.3 is 12.3 Å². The van der Waals surface area contributed by atoms with Crippen molar-refractivity contribution >= 4 is 34.8 Å². The van der Waals surface area contributed by atoms with Crippen molar-refractivity contribution in [3.8, 4) is 22.6 Å². The third kappa shape index (κ3) is 5.26. The molecule has 0 aliphatic carbocycles. The maximum absolute atomic E-state index is 14.2. The summed E-state index contributed by atoms with van der Waals surface area (Å²) < 4.78 is 59.6. The Morgan fingerprint density at radius 1 is 0.976 bits per heavy atom. The number of amides is 1. The predicted octanol–water partition coefficient (Wildman–Crippen LogP) is 7.08. The number of para-hydroxylation sites is 1. The summed E-state index contributed by atoms with van der Waals surface area (Å²) in [7, 11) is 0. The van der Waals surface area contributed by atoms with Gasteiger partial charge in [-0.2, -0.15) is 18.3 Å². The fraction of sp³-hybridized carbons (Fsp3) is 0.0690. The standard InChI is InChI=1S/C29H19F4N3O5/c1-15-8-10-18(14-22(15)29(31,32)33)36-24-11-9-17(30)13-21(24)25(27(36)38)35-34-23-7-3-6-20(26(23)37)16-4-2-5-19(12-16)41-28(39)40/h2-14,34,37H,1H3,(H,39,40). The molecule has 5 rings (SSSR count). The summed E-state index contributed by atoms with van der Waals surface area (Å²) in [5.74, 6) is -1.80. The molecule has 41 heavy (non-hydrogen) atoms. The van der Waals surface area contributed by atoms with Crippen LogP contribution in [0.3, 0.4) is 0 Å². The Balaban J connectivity index is 1.52. The Bertz CT molecular complexity index is 1740. The lowest BCUT2D eigenvalue weighted by atomic mass is 10.0. The molecule has 0 saturated carbocycles. The van der Waals surface area contributed by atoms with Gasteiger partial charge in [-0.1, -0.05) is 30.3 Å². The van der Waals surface area contributed by atoms with Gasteiger partial charge in [-0.15, -0.1) is 0 Å². The molecule has 0 fully saturated rings. The van der Waals surface area contributed by atoms with Gasteiger partial charge in [0.25, 0.3) is 5.91 Å². The topological polar surface area (TPSA) is 111 Å². The third-order valence-electron chi connectivity index (χ3n) is 6.32. The van der Waals surface area contributed by atoms with Crippen LogP contribution in [0.5, 0.6) is 11.5 Å². The van der Waals surface area contributed by atoms with Crippen LogP contribution in [0.1, 0.15) is 16.7 Å². The van der Waals surface area contributed by atoms with Crippen LogP contribution in [-0.4, -0.2) is 28.0 Å². The Kier molecular flexibility index (Phi) is 6.83. The lowest BCUT2D eigenvalue weighted by Crippen LogP contribution is -2.26. The van der Waals surface area contributed by atoms with E-state index in [1.807, 2.05) is 0 Å². The highest BCUT2D eigenvalue weighted by molar-refractivity contribution is 6.55. The van der Waals surface area contributed by atoms with E-state index >= 15 is 0 Å². The van der Waals surface area contributed by atoms with Gasteiger partial charge in [-0.3, -0.25) is 15.1 Å². The van der Waals surface area contributed by atoms with E-state index in [-0.39, 0.29) is 51.0 Å². The number of halogens is 4. The van der Waals surface area contributed by atoms with Crippen LogP contribution in [0, 0.1) is 12.7 Å². The molecule has 3 N–H and O–H groups in total. The first kappa shape index (κ1) is 27.2. The molecule has 1 aliphatic heterocycles. The minimum atomic E-state index is -4.66. The Morgan fingerprint density at radius 2 is 1.73 bits per heavy atom. The molecule has 1 amide bonds. The normalized spacial score (nSPS) is 13.8. The monoisotopic (exact) mass is 565 g/mol. The van der Waals surface area contributed by atoms with Gasteiger partial charge in [0.1, 0.15) is 17.3 Å². The van der Waals surface area contributed by atoms with E-state index < -0.39 is 29.6 Å². The Morgan fingerprint density at radius 3 is 2.46 bits per heavy atom. The molecule has 4 aromatic rings. The molecule has 0 radical (unpaired) electrons. The minimum Gasteiger partial charge on any atom is -0.505 e. The number of carbonyl (C=O) groups is 2. The zero-order valence-electron chi connectivity index (χ0n) is 21.0. The fourth-order valence-electron chi connectivity index (χ4n) is 4.45. The molecule has 0 unspecified atom stereocenters. The molecular weight excluding hydrogens is 546 g/mol. The van der Waals surface area contributed by atoms with Crippen LogP contribution in [0.15, 0.2) is 84.0 Å². The number of nitrogens with one attached hydrogen (secondary N) is 1. The maximum Gasteiger partial charge on any atom is 0.511 e. The summed E-state index contributed by atoms with van der Waals surface area (Å²) in [6, 6.07) is 17.3. The number of alkyl halides is 3. The van der Waals surface area contributed by atoms with Crippen LogP contribution >= 0.6 is 0 Å². The predicted molar refractivity (Wildman–Crippen MR) is 142 cm³/mol. The summed E-state index contributed by atoms with van der Waals surface area (Å²) >= 11 is 0. The zero-order valence-corrected chi connectivity index (χ0v) is 21.0. The molecule has 208 valence electrons. The van der Waals surface area contributed by atoms with Crippen LogP contribution in [0.25, 0.3) is 11.1 Å². The number of carbonyl (C=O) groups excluding carboxylic acids is 1. The highest BCUT2D eigenvalue weighted by atomic mass is 19.4. The number of anilines is 3. The van der Waals surface area contributed by atoms with E-state index in [1.54, 1.807) is 18.2 Å². The number of hydrazone groups is 1. The van der Waals surface area contributed by atoms with Gasteiger partial charge in [0.05, 0.1) is 16.9 Å². The van der Waals surface area contributed by atoms with Crippen LogP contribution in [0.2, 0.25) is 0 Å². The van der Waals surface area contributed by atoms with Crippen molar-refractivity contribution in [2.75, 3.05) is 10.3 Å². The van der Waals surface area contributed by atoms with Gasteiger partial charge in [0.2, 0.25) is 0 Å². The van der Waals surface area contributed by atoms with Crippen molar-refractivity contribution in [2.24, 2.45) is 5.10 Å². The summed E-state index contributed by atoms with van der Waals surface area (Å²) in [4.78, 5) is 25.3. The van der Waals surface area contributed by atoms with E-state index in [0.29, 0.717) is 5.56 Å². The number of hydrogen-bond donors (Lipinski definition) is 3. The van der Waals surface area contributed by atoms with E-state index in [1.165, 1.54) is 49.4 Å². The van der Waals surface area contributed by atoms with E-state index in [2.05, 4.69) is 15.3 Å². The quantitative estimate of drug-likeness (QED) is 0.0784. The van der Waals surface area contributed by atoms with Gasteiger partial charge in [-0.05, 0) is 66.6 Å². The molecule has 0 saturated heterocycles. The number of fused-ring (bicyclic) bond motifs is 1. The minimum absolute atomic E-state index is 0.0214.